The highest BCUT2D eigenvalue weighted by molar-refractivity contribution is 6.03. The lowest BCUT2D eigenvalue weighted by molar-refractivity contribution is -0.117. The normalized spacial score (nSPS) is 20.0. The second kappa shape index (κ2) is 6.57. The SMILES string of the molecule is Cc1nc(-c2ccccc2N2CCOCC2)nc2c1NC(=O)[C@H](C)N2C. The highest BCUT2D eigenvalue weighted by atomic mass is 16.5. The van der Waals surface area contributed by atoms with E-state index in [-0.39, 0.29) is 11.9 Å². The molecule has 0 aliphatic carbocycles. The molecule has 26 heavy (non-hydrogen) atoms. The summed E-state index contributed by atoms with van der Waals surface area (Å²) >= 11 is 0. The fourth-order valence-corrected chi connectivity index (χ4v) is 3.41. The van der Waals surface area contributed by atoms with Crippen LogP contribution in [-0.2, 0) is 9.53 Å². The van der Waals surface area contributed by atoms with Crippen LogP contribution in [0, 0.1) is 6.92 Å². The fraction of sp³-hybridized carbons (Fsp3) is 0.421. The van der Waals surface area contributed by atoms with Crippen LogP contribution in [0.15, 0.2) is 24.3 Å². The summed E-state index contributed by atoms with van der Waals surface area (Å²) in [7, 11) is 1.90. The molecule has 2 aromatic rings. The van der Waals surface area contributed by atoms with E-state index in [1.54, 1.807) is 0 Å². The molecule has 0 saturated carbocycles. The van der Waals surface area contributed by atoms with Crippen LogP contribution >= 0.6 is 0 Å². The van der Waals surface area contributed by atoms with E-state index in [4.69, 9.17) is 14.7 Å². The topological polar surface area (TPSA) is 70.6 Å². The van der Waals surface area contributed by atoms with Gasteiger partial charge in [-0.3, -0.25) is 4.79 Å². The molecule has 2 aliphatic heterocycles. The molecule has 7 heteroatoms. The molecular formula is C19H23N5O2. The smallest absolute Gasteiger partial charge is 0.246 e. The highest BCUT2D eigenvalue weighted by Gasteiger charge is 2.30. The zero-order valence-corrected chi connectivity index (χ0v) is 15.3. The Kier molecular flexibility index (Phi) is 4.24. The van der Waals surface area contributed by atoms with Crippen molar-refractivity contribution in [1.29, 1.82) is 0 Å². The number of likely N-dealkylation sites (N-methyl/N-ethyl adjacent to an activating group) is 1. The first-order valence-electron chi connectivity index (χ1n) is 8.90. The molecule has 0 radical (unpaired) electrons. The minimum atomic E-state index is -0.265. The van der Waals surface area contributed by atoms with Crippen LogP contribution in [0.4, 0.5) is 17.2 Å². The Bertz CT molecular complexity index is 848. The molecule has 0 unspecified atom stereocenters. The molecule has 0 bridgehead atoms. The third-order valence-electron chi connectivity index (χ3n) is 5.11. The molecule has 136 valence electrons. The molecule has 1 aromatic carbocycles. The Labute approximate surface area is 153 Å². The van der Waals surface area contributed by atoms with Gasteiger partial charge in [-0.05, 0) is 26.0 Å². The molecule has 1 atom stereocenters. The number of para-hydroxylation sites is 1. The van der Waals surface area contributed by atoms with Crippen molar-refractivity contribution in [2.24, 2.45) is 0 Å². The van der Waals surface area contributed by atoms with Gasteiger partial charge in [0.2, 0.25) is 5.91 Å². The van der Waals surface area contributed by atoms with Crippen molar-refractivity contribution in [3.8, 4) is 11.4 Å². The number of hydrogen-bond donors (Lipinski definition) is 1. The quantitative estimate of drug-likeness (QED) is 0.891. The van der Waals surface area contributed by atoms with E-state index in [1.807, 2.05) is 37.9 Å². The van der Waals surface area contributed by atoms with Crippen molar-refractivity contribution in [2.45, 2.75) is 19.9 Å². The molecule has 0 spiro atoms. The minimum absolute atomic E-state index is 0.0341. The molecular weight excluding hydrogens is 330 g/mol. The van der Waals surface area contributed by atoms with Gasteiger partial charge in [0.1, 0.15) is 11.7 Å². The maximum atomic E-state index is 12.1. The second-order valence-corrected chi connectivity index (χ2v) is 6.72. The summed E-state index contributed by atoms with van der Waals surface area (Å²) in [6.07, 6.45) is 0. The third kappa shape index (κ3) is 2.78. The van der Waals surface area contributed by atoms with Crippen molar-refractivity contribution in [2.75, 3.05) is 48.5 Å². The number of hydrogen-bond acceptors (Lipinski definition) is 6. The van der Waals surface area contributed by atoms with Gasteiger partial charge in [0.05, 0.1) is 18.9 Å². The number of carbonyl (C=O) groups excluding carboxylic acids is 1. The number of benzene rings is 1. The number of amides is 1. The Balaban J connectivity index is 1.80. The summed E-state index contributed by atoms with van der Waals surface area (Å²) in [5.41, 5.74) is 3.58. The van der Waals surface area contributed by atoms with Crippen molar-refractivity contribution in [1.82, 2.24) is 9.97 Å². The van der Waals surface area contributed by atoms with Crippen molar-refractivity contribution >= 4 is 23.1 Å². The zero-order valence-electron chi connectivity index (χ0n) is 15.3. The van der Waals surface area contributed by atoms with Crippen LogP contribution in [0.25, 0.3) is 11.4 Å². The Hall–Kier alpha value is -2.67. The number of nitrogens with one attached hydrogen (secondary N) is 1. The molecule has 2 aliphatic rings. The van der Waals surface area contributed by atoms with Crippen LogP contribution in [0.5, 0.6) is 0 Å². The highest BCUT2D eigenvalue weighted by Crippen LogP contribution is 2.36. The predicted octanol–water partition coefficient (Wildman–Crippen LogP) is 2.07. The molecule has 1 N–H and O–H groups in total. The first-order valence-corrected chi connectivity index (χ1v) is 8.90. The maximum Gasteiger partial charge on any atom is 0.246 e. The summed E-state index contributed by atoms with van der Waals surface area (Å²) in [5.74, 6) is 1.41. The summed E-state index contributed by atoms with van der Waals surface area (Å²) in [6, 6.07) is 7.93. The van der Waals surface area contributed by atoms with Gasteiger partial charge in [-0.15, -0.1) is 0 Å². The standard InChI is InChI=1S/C19H23N5O2/c1-12-16-18(23(3)13(2)19(25)21-16)22-17(20-12)14-6-4-5-7-15(14)24-8-10-26-11-9-24/h4-7,13H,8-11H2,1-3H3,(H,21,25)/t13-/m0/s1. The average Bonchev–Trinajstić information content (AvgIpc) is 2.67. The third-order valence-corrected chi connectivity index (χ3v) is 5.11. The molecule has 1 aromatic heterocycles. The van der Waals surface area contributed by atoms with Crippen molar-refractivity contribution in [3.05, 3.63) is 30.0 Å². The summed E-state index contributed by atoms with van der Waals surface area (Å²) in [6.45, 7) is 6.94. The molecule has 7 nitrogen and oxygen atoms in total. The lowest BCUT2D eigenvalue weighted by atomic mass is 10.1. The number of rotatable bonds is 2. The number of fused-ring (bicyclic) bond motifs is 1. The van der Waals surface area contributed by atoms with E-state index in [9.17, 15) is 4.79 Å². The Morgan fingerprint density at radius 2 is 1.92 bits per heavy atom. The molecule has 4 rings (SSSR count). The number of ether oxygens (including phenoxy) is 1. The van der Waals surface area contributed by atoms with Crippen LogP contribution in [0.2, 0.25) is 0 Å². The fourth-order valence-electron chi connectivity index (χ4n) is 3.41. The molecule has 1 amide bonds. The van der Waals surface area contributed by atoms with E-state index in [0.29, 0.717) is 11.5 Å². The minimum Gasteiger partial charge on any atom is -0.378 e. The lowest BCUT2D eigenvalue weighted by Gasteiger charge is -2.33. The average molecular weight is 353 g/mol. The van der Waals surface area contributed by atoms with Crippen LogP contribution in [0.3, 0.4) is 0 Å². The predicted molar refractivity (Wildman–Crippen MR) is 102 cm³/mol. The first-order chi connectivity index (χ1) is 12.6. The van der Waals surface area contributed by atoms with E-state index in [1.165, 1.54) is 0 Å². The number of aryl methyl sites for hydroxylation is 1. The number of morpholine rings is 1. The van der Waals surface area contributed by atoms with Gasteiger partial charge in [-0.1, -0.05) is 12.1 Å². The van der Waals surface area contributed by atoms with E-state index in [0.717, 1.165) is 49.1 Å². The van der Waals surface area contributed by atoms with Gasteiger partial charge >= 0.3 is 0 Å². The van der Waals surface area contributed by atoms with E-state index in [2.05, 4.69) is 22.3 Å². The summed E-state index contributed by atoms with van der Waals surface area (Å²) in [4.78, 5) is 25.8. The Morgan fingerprint density at radius 3 is 2.69 bits per heavy atom. The largest absolute Gasteiger partial charge is 0.378 e. The first kappa shape index (κ1) is 16.8. The van der Waals surface area contributed by atoms with Crippen LogP contribution < -0.4 is 15.1 Å². The summed E-state index contributed by atoms with van der Waals surface area (Å²) in [5, 5.41) is 2.93. The van der Waals surface area contributed by atoms with E-state index >= 15 is 0 Å². The summed E-state index contributed by atoms with van der Waals surface area (Å²) < 4.78 is 5.48. The zero-order chi connectivity index (χ0) is 18.3. The lowest BCUT2D eigenvalue weighted by Crippen LogP contribution is -2.44. The number of anilines is 3. The molecule has 1 fully saturated rings. The molecule has 1 saturated heterocycles. The van der Waals surface area contributed by atoms with Crippen molar-refractivity contribution in [3.63, 3.8) is 0 Å². The van der Waals surface area contributed by atoms with Gasteiger partial charge in [0, 0.05) is 31.4 Å². The Morgan fingerprint density at radius 1 is 1.19 bits per heavy atom. The second-order valence-electron chi connectivity index (χ2n) is 6.72. The van der Waals surface area contributed by atoms with Gasteiger partial charge in [-0.2, -0.15) is 0 Å². The van der Waals surface area contributed by atoms with Gasteiger partial charge in [-0.25, -0.2) is 9.97 Å². The van der Waals surface area contributed by atoms with Gasteiger partial charge < -0.3 is 19.9 Å². The van der Waals surface area contributed by atoms with E-state index < -0.39 is 0 Å². The van der Waals surface area contributed by atoms with Gasteiger partial charge in [0.15, 0.2) is 11.6 Å². The van der Waals surface area contributed by atoms with Crippen LogP contribution in [-0.4, -0.2) is 55.3 Å². The maximum absolute atomic E-state index is 12.1. The number of carbonyl (C=O) groups is 1. The number of aromatic nitrogens is 2. The van der Waals surface area contributed by atoms with Gasteiger partial charge in [0.25, 0.3) is 0 Å². The van der Waals surface area contributed by atoms with Crippen LogP contribution in [0.1, 0.15) is 12.6 Å². The molecule has 3 heterocycles. The monoisotopic (exact) mass is 353 g/mol. The number of nitrogens with zero attached hydrogens (tertiary/aromatic N) is 4. The van der Waals surface area contributed by atoms with Crippen molar-refractivity contribution < 1.29 is 9.53 Å².